The van der Waals surface area contributed by atoms with Gasteiger partial charge in [0.1, 0.15) is 5.75 Å². The third-order valence-corrected chi connectivity index (χ3v) is 5.63. The number of hydrogen-bond acceptors (Lipinski definition) is 6. The summed E-state index contributed by atoms with van der Waals surface area (Å²) in [7, 11) is 8.16. The summed E-state index contributed by atoms with van der Waals surface area (Å²) in [6.45, 7) is 0.584. The Labute approximate surface area is 199 Å². The zero-order valence-electron chi connectivity index (χ0n) is 20.0. The predicted octanol–water partition coefficient (Wildman–Crippen LogP) is 5.31. The molecule has 0 N–H and O–H groups in total. The van der Waals surface area contributed by atoms with Gasteiger partial charge in [-0.05, 0) is 60.2 Å². The smallest absolute Gasteiger partial charge is 0.161 e. The summed E-state index contributed by atoms with van der Waals surface area (Å²) >= 11 is 0. The minimum atomic E-state index is 0.584. The minimum Gasteiger partial charge on any atom is -0.497 e. The van der Waals surface area contributed by atoms with Crippen LogP contribution in [0, 0.1) is 0 Å². The molecule has 0 atom stereocenters. The maximum atomic E-state index is 5.53. The van der Waals surface area contributed by atoms with E-state index < -0.39 is 0 Å². The van der Waals surface area contributed by atoms with E-state index in [2.05, 4.69) is 6.07 Å². The molecule has 0 unspecified atom stereocenters. The van der Waals surface area contributed by atoms with Gasteiger partial charge in [0.25, 0.3) is 0 Å². The summed E-state index contributed by atoms with van der Waals surface area (Å²) in [5.41, 5.74) is 4.75. The number of benzene rings is 3. The number of aromatic nitrogens is 2. The minimum absolute atomic E-state index is 0.584. The van der Waals surface area contributed by atoms with Crippen molar-refractivity contribution in [2.24, 2.45) is 0 Å². The van der Waals surface area contributed by atoms with E-state index in [-0.39, 0.29) is 0 Å². The summed E-state index contributed by atoms with van der Waals surface area (Å²) in [4.78, 5) is 0. The molecule has 34 heavy (non-hydrogen) atoms. The highest BCUT2D eigenvalue weighted by atomic mass is 16.5. The highest BCUT2D eigenvalue weighted by Crippen LogP contribution is 2.36. The number of hydrogen-bond donors (Lipinski definition) is 0. The monoisotopic (exact) mass is 460 g/mol. The van der Waals surface area contributed by atoms with Crippen molar-refractivity contribution in [2.45, 2.75) is 6.54 Å². The quantitative estimate of drug-likeness (QED) is 0.337. The van der Waals surface area contributed by atoms with Crippen LogP contribution in [0.2, 0.25) is 0 Å². The van der Waals surface area contributed by atoms with E-state index in [1.165, 1.54) is 0 Å². The van der Waals surface area contributed by atoms with Gasteiger partial charge in [-0.3, -0.25) is 4.68 Å². The van der Waals surface area contributed by atoms with E-state index in [0.29, 0.717) is 29.5 Å². The molecule has 7 heteroatoms. The van der Waals surface area contributed by atoms with Crippen molar-refractivity contribution in [2.75, 3.05) is 35.5 Å². The molecule has 3 aromatic carbocycles. The van der Waals surface area contributed by atoms with Crippen LogP contribution in [0.3, 0.4) is 0 Å². The fourth-order valence-corrected chi connectivity index (χ4v) is 3.81. The van der Waals surface area contributed by atoms with Crippen molar-refractivity contribution >= 4 is 0 Å². The molecule has 0 aliphatic rings. The molecule has 0 aliphatic carbocycles. The Balaban J connectivity index is 1.80. The van der Waals surface area contributed by atoms with E-state index in [9.17, 15) is 0 Å². The van der Waals surface area contributed by atoms with Gasteiger partial charge in [-0.1, -0.05) is 12.1 Å². The first kappa shape index (κ1) is 23.0. The predicted molar refractivity (Wildman–Crippen MR) is 131 cm³/mol. The summed E-state index contributed by atoms with van der Waals surface area (Å²) in [6.07, 6.45) is 0. The maximum Gasteiger partial charge on any atom is 0.161 e. The largest absolute Gasteiger partial charge is 0.497 e. The van der Waals surface area contributed by atoms with Crippen molar-refractivity contribution in [1.82, 2.24) is 9.78 Å². The summed E-state index contributed by atoms with van der Waals surface area (Å²) < 4.78 is 29.1. The molecule has 4 aromatic rings. The van der Waals surface area contributed by atoms with Gasteiger partial charge >= 0.3 is 0 Å². The second kappa shape index (κ2) is 10.2. The van der Waals surface area contributed by atoms with E-state index in [4.69, 9.17) is 28.8 Å². The van der Waals surface area contributed by atoms with Crippen LogP contribution >= 0.6 is 0 Å². The van der Waals surface area contributed by atoms with Crippen molar-refractivity contribution in [3.05, 3.63) is 72.3 Å². The molecule has 0 spiro atoms. The first-order valence-corrected chi connectivity index (χ1v) is 10.8. The lowest BCUT2D eigenvalue weighted by Gasteiger charge is -2.12. The van der Waals surface area contributed by atoms with Crippen LogP contribution in [-0.4, -0.2) is 45.3 Å². The van der Waals surface area contributed by atoms with E-state index >= 15 is 0 Å². The van der Waals surface area contributed by atoms with Crippen molar-refractivity contribution in [3.63, 3.8) is 0 Å². The average molecular weight is 461 g/mol. The number of nitrogens with zero attached hydrogens (tertiary/aromatic N) is 2. The Bertz CT molecular complexity index is 1260. The van der Waals surface area contributed by atoms with E-state index in [1.54, 1.807) is 35.5 Å². The lowest BCUT2D eigenvalue weighted by Crippen LogP contribution is -2.04. The van der Waals surface area contributed by atoms with Gasteiger partial charge in [-0.25, -0.2) is 0 Å². The molecule has 0 amide bonds. The number of ether oxygens (including phenoxy) is 5. The fraction of sp³-hybridized carbons (Fsp3) is 0.222. The molecular weight excluding hydrogens is 432 g/mol. The van der Waals surface area contributed by atoms with Gasteiger partial charge in [0.2, 0.25) is 0 Å². The van der Waals surface area contributed by atoms with Crippen LogP contribution in [0.25, 0.3) is 22.5 Å². The Morgan fingerprint density at radius 1 is 0.588 bits per heavy atom. The molecule has 0 radical (unpaired) electrons. The van der Waals surface area contributed by atoms with Gasteiger partial charge in [0.05, 0.1) is 53.5 Å². The van der Waals surface area contributed by atoms with Gasteiger partial charge < -0.3 is 23.7 Å². The molecule has 0 aliphatic heterocycles. The molecule has 7 nitrogen and oxygen atoms in total. The van der Waals surface area contributed by atoms with Crippen molar-refractivity contribution in [3.8, 4) is 51.3 Å². The molecule has 1 aromatic heterocycles. The summed E-state index contributed by atoms with van der Waals surface area (Å²) in [5.74, 6) is 3.47. The first-order valence-electron chi connectivity index (χ1n) is 10.8. The van der Waals surface area contributed by atoms with Gasteiger partial charge in [-0.2, -0.15) is 5.10 Å². The molecule has 0 fully saturated rings. The van der Waals surface area contributed by atoms with Crippen molar-refractivity contribution < 1.29 is 23.7 Å². The highest BCUT2D eigenvalue weighted by molar-refractivity contribution is 5.72. The molecule has 0 saturated heterocycles. The zero-order valence-corrected chi connectivity index (χ0v) is 20.0. The Morgan fingerprint density at radius 3 is 1.71 bits per heavy atom. The number of rotatable bonds is 9. The highest BCUT2D eigenvalue weighted by Gasteiger charge is 2.16. The Kier molecular flexibility index (Phi) is 6.92. The first-order chi connectivity index (χ1) is 16.6. The van der Waals surface area contributed by atoms with Gasteiger partial charge in [0, 0.05) is 11.1 Å². The lowest BCUT2D eigenvalue weighted by molar-refractivity contribution is 0.355. The lowest BCUT2D eigenvalue weighted by atomic mass is 10.1. The van der Waals surface area contributed by atoms with Crippen LogP contribution in [0.4, 0.5) is 0 Å². The molecule has 176 valence electrons. The standard InChI is InChI=1S/C27H28N2O5/c1-30-21-10-6-18(7-11-21)17-29-23(20-9-13-25(32-3)27(15-20)34-5)16-22(28-29)19-8-12-24(31-2)26(14-19)33-4/h6-16H,17H2,1-5H3. The topological polar surface area (TPSA) is 64.0 Å². The van der Waals surface area contributed by atoms with Crippen LogP contribution in [0.1, 0.15) is 5.56 Å². The Hall–Kier alpha value is -4.13. The molecule has 0 bridgehead atoms. The molecule has 1 heterocycles. The Morgan fingerprint density at radius 2 is 1.15 bits per heavy atom. The normalized spacial score (nSPS) is 10.6. The van der Waals surface area contributed by atoms with E-state index in [0.717, 1.165) is 33.8 Å². The second-order valence-corrected chi connectivity index (χ2v) is 7.56. The SMILES string of the molecule is COc1ccc(Cn2nc(-c3ccc(OC)c(OC)c3)cc2-c2ccc(OC)c(OC)c2)cc1. The molecule has 4 rings (SSSR count). The zero-order chi connectivity index (χ0) is 24.1. The third-order valence-electron chi connectivity index (χ3n) is 5.63. The molecule has 0 saturated carbocycles. The average Bonchev–Trinajstić information content (AvgIpc) is 3.31. The molecular formula is C27H28N2O5. The van der Waals surface area contributed by atoms with Gasteiger partial charge in [0.15, 0.2) is 23.0 Å². The third kappa shape index (κ3) is 4.64. The fourth-order valence-electron chi connectivity index (χ4n) is 3.81. The van der Waals surface area contributed by atoms with E-state index in [1.807, 2.05) is 65.3 Å². The summed E-state index contributed by atoms with van der Waals surface area (Å²) in [6, 6.07) is 21.7. The second-order valence-electron chi connectivity index (χ2n) is 7.56. The van der Waals surface area contributed by atoms with Crippen LogP contribution < -0.4 is 23.7 Å². The van der Waals surface area contributed by atoms with Crippen molar-refractivity contribution in [1.29, 1.82) is 0 Å². The summed E-state index contributed by atoms with van der Waals surface area (Å²) in [5, 5.41) is 4.94. The van der Waals surface area contributed by atoms with Crippen LogP contribution in [-0.2, 0) is 6.54 Å². The van der Waals surface area contributed by atoms with Crippen LogP contribution in [0.15, 0.2) is 66.7 Å². The van der Waals surface area contributed by atoms with Crippen LogP contribution in [0.5, 0.6) is 28.7 Å². The number of methoxy groups -OCH3 is 5. The van der Waals surface area contributed by atoms with Gasteiger partial charge in [-0.15, -0.1) is 0 Å². The maximum absolute atomic E-state index is 5.53.